The molecule has 0 heterocycles. The molecule has 84 valence electrons. The Morgan fingerprint density at radius 2 is 2.00 bits per heavy atom. The number of aliphatic imine (C=N–C) groups is 1. The summed E-state index contributed by atoms with van der Waals surface area (Å²) >= 11 is 0. The average molecular weight is 221 g/mol. The first-order valence-electron chi connectivity index (χ1n) is 4.44. The van der Waals surface area contributed by atoms with Crippen molar-refractivity contribution in [2.45, 2.75) is 32.7 Å². The van der Waals surface area contributed by atoms with E-state index in [9.17, 15) is 8.42 Å². The standard InChI is InChI=1S/C8H19N3O2S/c1-5-7(9)10-6-8(2,3)11-14(4,12)13/h11H,5-6H2,1-4H3,(H2,9,10). The van der Waals surface area contributed by atoms with Gasteiger partial charge in [0.05, 0.1) is 18.6 Å². The zero-order chi connectivity index (χ0) is 11.4. The van der Waals surface area contributed by atoms with Crippen LogP contribution in [0, 0.1) is 0 Å². The van der Waals surface area contributed by atoms with Crippen LogP contribution >= 0.6 is 0 Å². The number of hydrogen-bond acceptors (Lipinski definition) is 3. The first-order valence-corrected chi connectivity index (χ1v) is 6.33. The fourth-order valence-corrected chi connectivity index (χ4v) is 2.01. The van der Waals surface area contributed by atoms with Gasteiger partial charge in [-0.3, -0.25) is 4.99 Å². The van der Waals surface area contributed by atoms with Crippen LogP contribution in [0.25, 0.3) is 0 Å². The summed E-state index contributed by atoms with van der Waals surface area (Å²) in [5.41, 5.74) is 4.93. The second kappa shape index (κ2) is 4.75. The van der Waals surface area contributed by atoms with Crippen molar-refractivity contribution in [3.05, 3.63) is 0 Å². The summed E-state index contributed by atoms with van der Waals surface area (Å²) < 4.78 is 24.4. The lowest BCUT2D eigenvalue weighted by Gasteiger charge is -2.22. The fourth-order valence-electron chi connectivity index (χ4n) is 0.945. The number of nitrogens with two attached hydrogens (primary N) is 1. The van der Waals surface area contributed by atoms with Crippen LogP contribution in [0.5, 0.6) is 0 Å². The first kappa shape index (κ1) is 13.4. The van der Waals surface area contributed by atoms with E-state index >= 15 is 0 Å². The van der Waals surface area contributed by atoms with E-state index in [0.717, 1.165) is 6.26 Å². The van der Waals surface area contributed by atoms with E-state index in [2.05, 4.69) is 9.71 Å². The summed E-state index contributed by atoms with van der Waals surface area (Å²) in [7, 11) is -3.20. The minimum absolute atomic E-state index is 0.347. The van der Waals surface area contributed by atoms with Crippen molar-refractivity contribution in [3.63, 3.8) is 0 Å². The van der Waals surface area contributed by atoms with Gasteiger partial charge in [-0.1, -0.05) is 6.92 Å². The molecule has 0 atom stereocenters. The van der Waals surface area contributed by atoms with Crippen molar-refractivity contribution >= 4 is 15.9 Å². The summed E-state index contributed by atoms with van der Waals surface area (Å²) in [4.78, 5) is 4.07. The van der Waals surface area contributed by atoms with E-state index in [4.69, 9.17) is 5.73 Å². The van der Waals surface area contributed by atoms with Crippen LogP contribution in [0.4, 0.5) is 0 Å². The Morgan fingerprint density at radius 1 is 1.50 bits per heavy atom. The van der Waals surface area contributed by atoms with Gasteiger partial charge in [-0.25, -0.2) is 13.1 Å². The second-order valence-electron chi connectivity index (χ2n) is 3.92. The van der Waals surface area contributed by atoms with Gasteiger partial charge in [0.15, 0.2) is 0 Å². The van der Waals surface area contributed by atoms with Gasteiger partial charge in [-0.15, -0.1) is 0 Å². The zero-order valence-electron chi connectivity index (χ0n) is 9.16. The third kappa shape index (κ3) is 6.85. The van der Waals surface area contributed by atoms with Gasteiger partial charge < -0.3 is 5.73 Å². The predicted octanol–water partition coefficient (Wildman–Crippen LogP) is 0.0814. The third-order valence-electron chi connectivity index (χ3n) is 1.50. The van der Waals surface area contributed by atoms with Crippen molar-refractivity contribution in [3.8, 4) is 0 Å². The molecular weight excluding hydrogens is 202 g/mol. The Labute approximate surface area is 85.8 Å². The number of amidine groups is 1. The molecule has 0 fully saturated rings. The lowest BCUT2D eigenvalue weighted by molar-refractivity contribution is 0.465. The molecule has 6 heteroatoms. The van der Waals surface area contributed by atoms with Gasteiger partial charge in [0, 0.05) is 12.0 Å². The molecule has 3 N–H and O–H groups in total. The SMILES string of the molecule is CCC(N)=NCC(C)(C)NS(C)(=O)=O. The lowest BCUT2D eigenvalue weighted by atomic mass is 10.1. The predicted molar refractivity (Wildman–Crippen MR) is 58.8 cm³/mol. The highest BCUT2D eigenvalue weighted by molar-refractivity contribution is 7.88. The molecule has 0 amide bonds. The molecule has 0 saturated carbocycles. The van der Waals surface area contributed by atoms with Crippen LogP contribution in [0.2, 0.25) is 0 Å². The molecule has 0 spiro atoms. The van der Waals surface area contributed by atoms with Gasteiger partial charge in [0.25, 0.3) is 0 Å². The molecule has 0 aliphatic heterocycles. The maximum Gasteiger partial charge on any atom is 0.209 e. The van der Waals surface area contributed by atoms with Gasteiger partial charge in [0.2, 0.25) is 10.0 Å². The molecule has 0 rings (SSSR count). The summed E-state index contributed by atoms with van der Waals surface area (Å²) in [5.74, 6) is 0.536. The number of hydrogen-bond donors (Lipinski definition) is 2. The minimum atomic E-state index is -3.20. The van der Waals surface area contributed by atoms with Gasteiger partial charge in [0.1, 0.15) is 0 Å². The molecular formula is C8H19N3O2S. The topological polar surface area (TPSA) is 84.5 Å². The number of sulfonamides is 1. The molecule has 0 aromatic heterocycles. The summed E-state index contributed by atoms with van der Waals surface area (Å²) in [6.07, 6.45) is 1.80. The van der Waals surface area contributed by atoms with Crippen molar-refractivity contribution < 1.29 is 8.42 Å². The Kier molecular flexibility index (Phi) is 4.54. The molecule has 0 aromatic carbocycles. The van der Waals surface area contributed by atoms with E-state index in [-0.39, 0.29) is 0 Å². The van der Waals surface area contributed by atoms with E-state index < -0.39 is 15.6 Å². The van der Waals surface area contributed by atoms with Crippen LogP contribution in [0.15, 0.2) is 4.99 Å². The monoisotopic (exact) mass is 221 g/mol. The normalized spacial score (nSPS) is 14.4. The Hall–Kier alpha value is -0.620. The van der Waals surface area contributed by atoms with E-state index in [1.807, 2.05) is 6.92 Å². The lowest BCUT2D eigenvalue weighted by Crippen LogP contribution is -2.45. The van der Waals surface area contributed by atoms with Crippen molar-refractivity contribution in [1.82, 2.24) is 4.72 Å². The maximum atomic E-state index is 11.0. The molecule has 5 nitrogen and oxygen atoms in total. The number of rotatable bonds is 5. The quantitative estimate of drug-likeness (QED) is 0.509. The molecule has 14 heavy (non-hydrogen) atoms. The van der Waals surface area contributed by atoms with E-state index in [1.54, 1.807) is 13.8 Å². The minimum Gasteiger partial charge on any atom is -0.387 e. The van der Waals surface area contributed by atoms with E-state index in [0.29, 0.717) is 18.8 Å². The molecule has 0 saturated heterocycles. The van der Waals surface area contributed by atoms with Crippen molar-refractivity contribution in [2.75, 3.05) is 12.8 Å². The Morgan fingerprint density at radius 3 is 2.36 bits per heavy atom. The molecule has 0 radical (unpaired) electrons. The Balaban J connectivity index is 4.36. The summed E-state index contributed by atoms with van der Waals surface area (Å²) in [5, 5.41) is 0. The highest BCUT2D eigenvalue weighted by atomic mass is 32.2. The van der Waals surface area contributed by atoms with Crippen LogP contribution in [-0.4, -0.2) is 32.6 Å². The fraction of sp³-hybridized carbons (Fsp3) is 0.875. The maximum absolute atomic E-state index is 11.0. The highest BCUT2D eigenvalue weighted by Crippen LogP contribution is 2.04. The summed E-state index contributed by atoms with van der Waals surface area (Å²) in [6, 6.07) is 0. The van der Waals surface area contributed by atoms with Gasteiger partial charge in [-0.2, -0.15) is 0 Å². The van der Waals surface area contributed by atoms with Crippen molar-refractivity contribution in [1.29, 1.82) is 0 Å². The molecule has 0 aliphatic rings. The van der Waals surface area contributed by atoms with Gasteiger partial charge in [-0.05, 0) is 13.8 Å². The van der Waals surface area contributed by atoms with Crippen LogP contribution in [-0.2, 0) is 10.0 Å². The zero-order valence-corrected chi connectivity index (χ0v) is 9.98. The van der Waals surface area contributed by atoms with Crippen LogP contribution in [0.1, 0.15) is 27.2 Å². The van der Waals surface area contributed by atoms with Crippen molar-refractivity contribution in [2.24, 2.45) is 10.7 Å². The van der Waals surface area contributed by atoms with Crippen LogP contribution < -0.4 is 10.5 Å². The molecule has 0 bridgehead atoms. The highest BCUT2D eigenvalue weighted by Gasteiger charge is 2.21. The average Bonchev–Trinajstić information content (AvgIpc) is 1.96. The van der Waals surface area contributed by atoms with Gasteiger partial charge >= 0.3 is 0 Å². The smallest absolute Gasteiger partial charge is 0.209 e. The number of nitrogens with one attached hydrogen (secondary N) is 1. The second-order valence-corrected chi connectivity index (χ2v) is 5.67. The van der Waals surface area contributed by atoms with Crippen LogP contribution in [0.3, 0.4) is 0 Å². The largest absolute Gasteiger partial charge is 0.387 e. The molecule has 0 aliphatic carbocycles. The first-order chi connectivity index (χ1) is 6.16. The van der Waals surface area contributed by atoms with E-state index in [1.165, 1.54) is 0 Å². The summed E-state index contributed by atoms with van der Waals surface area (Å²) in [6.45, 7) is 5.77. The molecule has 0 unspecified atom stereocenters. The Bertz CT molecular complexity index is 307. The third-order valence-corrected chi connectivity index (χ3v) is 2.42. The number of nitrogens with zero attached hydrogens (tertiary/aromatic N) is 1. The molecule has 0 aromatic rings.